The summed E-state index contributed by atoms with van der Waals surface area (Å²) in [5.41, 5.74) is 9.90. The van der Waals surface area contributed by atoms with Crippen LogP contribution in [0.15, 0.2) is 0 Å². The minimum atomic E-state index is -1.83. The molecule has 5 nitrogen and oxygen atoms in total. The molecular weight excluding hydrogens is 200 g/mol. The maximum Gasteiger partial charge on any atom is 0.503 e. The summed E-state index contributed by atoms with van der Waals surface area (Å²) < 4.78 is 0. The molecule has 0 amide bonds. The van der Waals surface area contributed by atoms with E-state index in [1.165, 1.54) is 0 Å². The molecular formula is C5H16N2O3S2. The van der Waals surface area contributed by atoms with Crippen molar-refractivity contribution in [3.63, 3.8) is 0 Å². The molecule has 0 heterocycles. The number of rotatable bonds is 2. The molecule has 6 N–H and O–H groups in total. The molecule has 7 heteroatoms. The SMILES string of the molecule is NCCS.NCCS.O=C(O)O. The maximum absolute atomic E-state index is 8.56. The molecule has 0 aliphatic carbocycles. The topological polar surface area (TPSA) is 110 Å². The van der Waals surface area contributed by atoms with Crippen molar-refractivity contribution in [3.05, 3.63) is 0 Å². The predicted octanol–water partition coefficient (Wildman–Crippen LogP) is -0.0278. The second-order valence-corrected chi connectivity index (χ2v) is 2.20. The van der Waals surface area contributed by atoms with E-state index in [4.69, 9.17) is 26.5 Å². The van der Waals surface area contributed by atoms with Gasteiger partial charge in [-0.3, -0.25) is 0 Å². The number of hydrogen-bond donors (Lipinski definition) is 6. The van der Waals surface area contributed by atoms with Gasteiger partial charge in [-0.25, -0.2) is 4.79 Å². The van der Waals surface area contributed by atoms with E-state index in [9.17, 15) is 0 Å². The Bertz CT molecular complexity index is 73.1. The molecule has 0 aromatic carbocycles. The van der Waals surface area contributed by atoms with E-state index in [0.717, 1.165) is 11.5 Å². The highest BCUT2D eigenvalue weighted by molar-refractivity contribution is 7.80. The van der Waals surface area contributed by atoms with Gasteiger partial charge in [0.25, 0.3) is 0 Å². The summed E-state index contributed by atoms with van der Waals surface area (Å²) in [6.45, 7) is 1.37. The van der Waals surface area contributed by atoms with Crippen molar-refractivity contribution in [2.24, 2.45) is 11.5 Å². The average molecular weight is 216 g/mol. The van der Waals surface area contributed by atoms with Crippen LogP contribution in [0.2, 0.25) is 0 Å². The summed E-state index contributed by atoms with van der Waals surface area (Å²) in [5, 5.41) is 13.9. The van der Waals surface area contributed by atoms with E-state index < -0.39 is 6.16 Å². The molecule has 0 fully saturated rings. The number of nitrogens with two attached hydrogens (primary N) is 2. The molecule has 0 aliphatic heterocycles. The van der Waals surface area contributed by atoms with Crippen LogP contribution in [0.5, 0.6) is 0 Å². The third-order valence-electron chi connectivity index (χ3n) is 0.258. The molecule has 12 heavy (non-hydrogen) atoms. The molecule has 0 spiro atoms. The van der Waals surface area contributed by atoms with E-state index in [1.807, 2.05) is 0 Å². The second kappa shape index (κ2) is 22.4. The summed E-state index contributed by atoms with van der Waals surface area (Å²) in [6, 6.07) is 0. The van der Waals surface area contributed by atoms with Crippen LogP contribution in [0.4, 0.5) is 4.79 Å². The van der Waals surface area contributed by atoms with Crippen LogP contribution in [0.1, 0.15) is 0 Å². The number of thiol groups is 2. The molecule has 0 unspecified atom stereocenters. The molecule has 0 bridgehead atoms. The maximum atomic E-state index is 8.56. The lowest BCUT2D eigenvalue weighted by Crippen LogP contribution is -1.97. The zero-order valence-electron chi connectivity index (χ0n) is 6.68. The Hall–Kier alpha value is -0.110. The summed E-state index contributed by atoms with van der Waals surface area (Å²) in [6.07, 6.45) is -1.83. The molecule has 0 aromatic rings. The van der Waals surface area contributed by atoms with E-state index in [1.54, 1.807) is 0 Å². The predicted molar refractivity (Wildman–Crippen MR) is 56.5 cm³/mol. The highest BCUT2D eigenvalue weighted by Gasteiger charge is 1.70. The molecule has 0 atom stereocenters. The summed E-state index contributed by atoms with van der Waals surface area (Å²) in [4.78, 5) is 8.56. The lowest BCUT2D eigenvalue weighted by Gasteiger charge is -1.69. The minimum Gasteiger partial charge on any atom is -0.450 e. The van der Waals surface area contributed by atoms with Crippen LogP contribution in [0.25, 0.3) is 0 Å². The average Bonchev–Trinajstić information content (AvgIpc) is 2.03. The third kappa shape index (κ3) is 219. The van der Waals surface area contributed by atoms with Crippen LogP contribution >= 0.6 is 25.3 Å². The zero-order chi connectivity index (χ0) is 10.4. The Kier molecular flexibility index (Phi) is 33.4. The third-order valence-corrected chi connectivity index (χ3v) is 0.775. The molecule has 76 valence electrons. The molecule has 0 radical (unpaired) electrons. The fourth-order valence-electron chi connectivity index (χ4n) is 0. The van der Waals surface area contributed by atoms with Crippen molar-refractivity contribution in [1.29, 1.82) is 0 Å². The van der Waals surface area contributed by atoms with Crippen molar-refractivity contribution in [2.45, 2.75) is 0 Å². The zero-order valence-corrected chi connectivity index (χ0v) is 8.47. The van der Waals surface area contributed by atoms with Crippen molar-refractivity contribution >= 4 is 31.4 Å². The normalized spacial score (nSPS) is 7.00. The Morgan fingerprint density at radius 2 is 1.17 bits per heavy atom. The van der Waals surface area contributed by atoms with E-state index in [-0.39, 0.29) is 0 Å². The number of carboxylic acid groups (broad SMARTS) is 2. The fraction of sp³-hybridized carbons (Fsp3) is 0.800. The number of carbonyl (C=O) groups is 1. The van der Waals surface area contributed by atoms with Gasteiger partial charge in [-0.1, -0.05) is 0 Å². The Morgan fingerprint density at radius 3 is 1.17 bits per heavy atom. The summed E-state index contributed by atoms with van der Waals surface area (Å²) in [7, 11) is 0. The van der Waals surface area contributed by atoms with Gasteiger partial charge >= 0.3 is 6.16 Å². The van der Waals surface area contributed by atoms with Gasteiger partial charge in [0.15, 0.2) is 0 Å². The van der Waals surface area contributed by atoms with Gasteiger partial charge in [0.05, 0.1) is 0 Å². The van der Waals surface area contributed by atoms with E-state index in [2.05, 4.69) is 25.3 Å². The van der Waals surface area contributed by atoms with Gasteiger partial charge < -0.3 is 21.7 Å². The van der Waals surface area contributed by atoms with Crippen LogP contribution in [-0.4, -0.2) is 41.0 Å². The first-order valence-corrected chi connectivity index (χ1v) is 4.37. The van der Waals surface area contributed by atoms with Crippen molar-refractivity contribution in [1.82, 2.24) is 0 Å². The van der Waals surface area contributed by atoms with Gasteiger partial charge in [-0.05, 0) is 0 Å². The molecule has 0 saturated carbocycles. The van der Waals surface area contributed by atoms with Gasteiger partial charge in [0.1, 0.15) is 0 Å². The minimum absolute atomic E-state index is 0.684. The van der Waals surface area contributed by atoms with Gasteiger partial charge in [-0.15, -0.1) is 0 Å². The van der Waals surface area contributed by atoms with Crippen LogP contribution < -0.4 is 11.5 Å². The smallest absolute Gasteiger partial charge is 0.450 e. The highest BCUT2D eigenvalue weighted by atomic mass is 32.1. The van der Waals surface area contributed by atoms with Crippen LogP contribution in [-0.2, 0) is 0 Å². The van der Waals surface area contributed by atoms with Gasteiger partial charge in [0, 0.05) is 24.6 Å². The lowest BCUT2D eigenvalue weighted by atomic mass is 10.8. The monoisotopic (exact) mass is 216 g/mol. The standard InChI is InChI=1S/2C2H7NS.CH2O3/c2*3-1-2-4;2-1(3)4/h2*4H,1-3H2;(H2,2,3,4). The Balaban J connectivity index is -0.000000101. The highest BCUT2D eigenvalue weighted by Crippen LogP contribution is 1.59. The molecule has 0 rings (SSSR count). The fourth-order valence-corrected chi connectivity index (χ4v) is 0. The van der Waals surface area contributed by atoms with Crippen molar-refractivity contribution < 1.29 is 15.0 Å². The second-order valence-electron chi connectivity index (χ2n) is 1.31. The number of hydrogen-bond acceptors (Lipinski definition) is 5. The molecule has 0 aliphatic rings. The first-order chi connectivity index (χ1) is 5.56. The van der Waals surface area contributed by atoms with Gasteiger partial charge in [0.2, 0.25) is 0 Å². The van der Waals surface area contributed by atoms with E-state index in [0.29, 0.717) is 13.1 Å². The quantitative estimate of drug-likeness (QED) is 0.363. The summed E-state index contributed by atoms with van der Waals surface area (Å²) >= 11 is 7.59. The first kappa shape index (κ1) is 17.8. The Labute approximate surface area is 83.0 Å². The lowest BCUT2D eigenvalue weighted by molar-refractivity contribution is 0.137. The largest absolute Gasteiger partial charge is 0.503 e. The van der Waals surface area contributed by atoms with Crippen LogP contribution in [0, 0.1) is 0 Å². The van der Waals surface area contributed by atoms with Crippen molar-refractivity contribution in [3.8, 4) is 0 Å². The van der Waals surface area contributed by atoms with E-state index >= 15 is 0 Å². The molecule has 0 saturated heterocycles. The first-order valence-electron chi connectivity index (χ1n) is 3.10. The Morgan fingerprint density at radius 1 is 1.08 bits per heavy atom. The molecule has 0 aromatic heterocycles. The van der Waals surface area contributed by atoms with Crippen LogP contribution in [0.3, 0.4) is 0 Å². The van der Waals surface area contributed by atoms with Gasteiger partial charge in [-0.2, -0.15) is 25.3 Å². The van der Waals surface area contributed by atoms with Crippen molar-refractivity contribution in [2.75, 3.05) is 24.6 Å². The summed E-state index contributed by atoms with van der Waals surface area (Å²) in [5.74, 6) is 1.58.